The molecule has 0 heterocycles. The van der Waals surface area contributed by atoms with Crippen LogP contribution in [0.2, 0.25) is 0 Å². The summed E-state index contributed by atoms with van der Waals surface area (Å²) in [6, 6.07) is 0. The second-order valence-electron chi connectivity index (χ2n) is 14.4. The van der Waals surface area contributed by atoms with Crippen molar-refractivity contribution in [3.05, 3.63) is 36.5 Å². The number of allylic oxidation sites excluding steroid dienone is 6. The molecule has 0 aromatic heterocycles. The number of aliphatic hydroxyl groups excluding tert-OH is 1. The summed E-state index contributed by atoms with van der Waals surface area (Å²) >= 11 is 0. The number of unbranched alkanes of at least 4 members (excludes halogenated alkanes) is 26. The van der Waals surface area contributed by atoms with Crippen LogP contribution in [0.15, 0.2) is 36.5 Å². The summed E-state index contributed by atoms with van der Waals surface area (Å²) in [5.74, 6) is -0.208. The molecule has 0 aliphatic heterocycles. The molecule has 4 nitrogen and oxygen atoms in total. The molecular formula is C45H84O4. The lowest BCUT2D eigenvalue weighted by Gasteiger charge is -2.16. The molecule has 0 saturated heterocycles. The van der Waals surface area contributed by atoms with E-state index in [2.05, 4.69) is 50.3 Å². The highest BCUT2D eigenvalue weighted by molar-refractivity contribution is 5.69. The van der Waals surface area contributed by atoms with Gasteiger partial charge in [0.1, 0.15) is 6.10 Å². The summed E-state index contributed by atoms with van der Waals surface area (Å²) in [7, 11) is 0. The van der Waals surface area contributed by atoms with Gasteiger partial charge in [0.25, 0.3) is 0 Å². The predicted octanol–water partition coefficient (Wildman–Crippen LogP) is 14.1. The Balaban J connectivity index is 3.42. The van der Waals surface area contributed by atoms with E-state index in [1.807, 2.05) is 0 Å². The van der Waals surface area contributed by atoms with E-state index >= 15 is 0 Å². The largest absolute Gasteiger partial charge is 0.457 e. The van der Waals surface area contributed by atoms with Gasteiger partial charge in [-0.2, -0.15) is 0 Å². The van der Waals surface area contributed by atoms with Crippen LogP contribution in [0.4, 0.5) is 0 Å². The molecule has 288 valence electrons. The fraction of sp³-hybridized carbons (Fsp3) is 0.844. The maximum atomic E-state index is 12.2. The smallest absolute Gasteiger partial charge is 0.306 e. The molecule has 0 amide bonds. The number of esters is 1. The zero-order valence-electron chi connectivity index (χ0n) is 33.0. The van der Waals surface area contributed by atoms with Crippen LogP contribution in [0, 0.1) is 0 Å². The van der Waals surface area contributed by atoms with E-state index in [4.69, 9.17) is 9.47 Å². The molecule has 0 bridgehead atoms. The second kappa shape index (κ2) is 42.8. The highest BCUT2D eigenvalue weighted by Crippen LogP contribution is 2.14. The van der Waals surface area contributed by atoms with Crippen molar-refractivity contribution < 1.29 is 19.4 Å². The van der Waals surface area contributed by atoms with Gasteiger partial charge in [-0.3, -0.25) is 4.79 Å². The lowest BCUT2D eigenvalue weighted by atomic mass is 10.1. The number of rotatable bonds is 40. The molecule has 0 fully saturated rings. The fourth-order valence-corrected chi connectivity index (χ4v) is 6.18. The van der Waals surface area contributed by atoms with Crippen LogP contribution in [0.3, 0.4) is 0 Å². The Morgan fingerprint density at radius 3 is 1.33 bits per heavy atom. The number of carbonyl (C=O) groups is 1. The Morgan fingerprint density at radius 2 is 0.857 bits per heavy atom. The van der Waals surface area contributed by atoms with E-state index in [0.717, 1.165) is 25.7 Å². The number of aliphatic hydroxyl groups is 1. The quantitative estimate of drug-likeness (QED) is 0.0395. The normalized spacial score (nSPS) is 12.6. The van der Waals surface area contributed by atoms with E-state index < -0.39 is 6.10 Å². The summed E-state index contributed by atoms with van der Waals surface area (Å²) < 4.78 is 11.2. The zero-order valence-corrected chi connectivity index (χ0v) is 33.0. The lowest BCUT2D eigenvalue weighted by molar-refractivity contribution is -0.154. The van der Waals surface area contributed by atoms with Gasteiger partial charge in [0.15, 0.2) is 0 Å². The molecule has 0 aromatic carbocycles. The molecule has 0 rings (SSSR count). The van der Waals surface area contributed by atoms with Crippen LogP contribution in [-0.2, 0) is 14.3 Å². The Kier molecular flexibility index (Phi) is 41.6. The van der Waals surface area contributed by atoms with E-state index in [1.165, 1.54) is 173 Å². The van der Waals surface area contributed by atoms with Gasteiger partial charge < -0.3 is 14.6 Å². The Bertz CT molecular complexity index is 728. The van der Waals surface area contributed by atoms with Crippen LogP contribution in [-0.4, -0.2) is 37.0 Å². The first-order chi connectivity index (χ1) is 24.2. The second-order valence-corrected chi connectivity index (χ2v) is 14.4. The van der Waals surface area contributed by atoms with Crippen LogP contribution in [0.1, 0.15) is 219 Å². The maximum Gasteiger partial charge on any atom is 0.306 e. The van der Waals surface area contributed by atoms with Gasteiger partial charge in [0.05, 0.1) is 13.2 Å². The predicted molar refractivity (Wildman–Crippen MR) is 214 cm³/mol. The topological polar surface area (TPSA) is 55.8 Å². The molecule has 0 saturated carbocycles. The minimum Gasteiger partial charge on any atom is -0.457 e. The Hall–Kier alpha value is -1.39. The first kappa shape index (κ1) is 47.6. The summed E-state index contributed by atoms with van der Waals surface area (Å²) in [5, 5.41) is 9.60. The van der Waals surface area contributed by atoms with Crippen molar-refractivity contribution in [2.75, 3.05) is 19.8 Å². The highest BCUT2D eigenvalue weighted by atomic mass is 16.6. The Labute approximate surface area is 306 Å². The SMILES string of the molecule is CCCCC/C=C\C/C=C\CCCCCCCCCC(=O)OC(CO)COCCCCCCCCCCCC/C=C\CCCCCCCC. The standard InChI is InChI=1S/C45H84O4/c1-3-5-7-9-11-13-15-17-19-21-22-23-25-27-29-31-33-35-37-39-41-48-43-44(42-46)49-45(47)40-38-36-34-32-30-28-26-24-20-18-16-14-12-10-8-6-4-2/h12,14,17-20,44,46H,3-11,13,15-16,21-43H2,1-2H3/b14-12-,19-17-,20-18-. The molecule has 0 aliphatic rings. The van der Waals surface area contributed by atoms with Crippen molar-refractivity contribution in [3.8, 4) is 0 Å². The monoisotopic (exact) mass is 689 g/mol. The summed E-state index contributed by atoms with van der Waals surface area (Å²) in [4.78, 5) is 12.2. The van der Waals surface area contributed by atoms with Crippen molar-refractivity contribution in [2.45, 2.75) is 225 Å². The van der Waals surface area contributed by atoms with E-state index in [1.54, 1.807) is 0 Å². The van der Waals surface area contributed by atoms with Crippen molar-refractivity contribution in [3.63, 3.8) is 0 Å². The number of carbonyl (C=O) groups excluding carboxylic acids is 1. The molecule has 0 aliphatic carbocycles. The van der Waals surface area contributed by atoms with Crippen molar-refractivity contribution in [1.29, 1.82) is 0 Å². The van der Waals surface area contributed by atoms with Gasteiger partial charge in [0.2, 0.25) is 0 Å². The summed E-state index contributed by atoms with van der Waals surface area (Å²) in [6.45, 7) is 5.33. The average molecular weight is 689 g/mol. The van der Waals surface area contributed by atoms with E-state index in [-0.39, 0.29) is 12.6 Å². The van der Waals surface area contributed by atoms with Crippen molar-refractivity contribution in [2.24, 2.45) is 0 Å². The third-order valence-electron chi connectivity index (χ3n) is 9.44. The molecule has 49 heavy (non-hydrogen) atoms. The van der Waals surface area contributed by atoms with Gasteiger partial charge >= 0.3 is 5.97 Å². The van der Waals surface area contributed by atoms with Gasteiger partial charge in [-0.15, -0.1) is 0 Å². The van der Waals surface area contributed by atoms with Gasteiger partial charge in [-0.25, -0.2) is 0 Å². The fourth-order valence-electron chi connectivity index (χ4n) is 6.18. The molecule has 4 heteroatoms. The number of hydrogen-bond donors (Lipinski definition) is 1. The summed E-state index contributed by atoms with van der Waals surface area (Å²) in [6.07, 6.45) is 53.4. The molecule has 1 unspecified atom stereocenters. The lowest BCUT2D eigenvalue weighted by Crippen LogP contribution is -2.27. The highest BCUT2D eigenvalue weighted by Gasteiger charge is 2.13. The molecule has 0 radical (unpaired) electrons. The third-order valence-corrected chi connectivity index (χ3v) is 9.44. The molecular weight excluding hydrogens is 604 g/mol. The van der Waals surface area contributed by atoms with E-state index in [0.29, 0.717) is 19.6 Å². The van der Waals surface area contributed by atoms with Crippen molar-refractivity contribution >= 4 is 5.97 Å². The Morgan fingerprint density at radius 1 is 0.490 bits per heavy atom. The van der Waals surface area contributed by atoms with Gasteiger partial charge in [-0.1, -0.05) is 179 Å². The minimum atomic E-state index is -0.538. The molecule has 1 N–H and O–H groups in total. The maximum absolute atomic E-state index is 12.2. The van der Waals surface area contributed by atoms with Crippen LogP contribution in [0.25, 0.3) is 0 Å². The first-order valence-corrected chi connectivity index (χ1v) is 21.6. The minimum absolute atomic E-state index is 0.174. The molecule has 1 atom stereocenters. The number of ether oxygens (including phenoxy) is 2. The number of hydrogen-bond acceptors (Lipinski definition) is 4. The molecule has 0 aromatic rings. The van der Waals surface area contributed by atoms with E-state index in [9.17, 15) is 9.90 Å². The van der Waals surface area contributed by atoms with Crippen LogP contribution >= 0.6 is 0 Å². The molecule has 0 spiro atoms. The zero-order chi connectivity index (χ0) is 35.6. The first-order valence-electron chi connectivity index (χ1n) is 21.6. The average Bonchev–Trinajstić information content (AvgIpc) is 3.11. The summed E-state index contributed by atoms with van der Waals surface area (Å²) in [5.41, 5.74) is 0. The van der Waals surface area contributed by atoms with Crippen molar-refractivity contribution in [1.82, 2.24) is 0 Å². The van der Waals surface area contributed by atoms with Crippen LogP contribution < -0.4 is 0 Å². The van der Waals surface area contributed by atoms with Gasteiger partial charge in [-0.05, 0) is 70.6 Å². The van der Waals surface area contributed by atoms with Crippen LogP contribution in [0.5, 0.6) is 0 Å². The third kappa shape index (κ3) is 40.9. The van der Waals surface area contributed by atoms with Gasteiger partial charge in [0, 0.05) is 13.0 Å².